The number of hydrogen-bond donors (Lipinski definition) is 1. The lowest BCUT2D eigenvalue weighted by molar-refractivity contribution is -0.138. The van der Waals surface area contributed by atoms with Crippen molar-refractivity contribution in [3.05, 3.63) is 24.3 Å². The van der Waals surface area contributed by atoms with Gasteiger partial charge in [-0.05, 0) is 49.9 Å². The van der Waals surface area contributed by atoms with E-state index in [1.165, 1.54) is 0 Å². The Morgan fingerprint density at radius 2 is 1.90 bits per heavy atom. The topological polar surface area (TPSA) is 56.8 Å². The first kappa shape index (κ1) is 15.8. The smallest absolute Gasteiger partial charge is 0.256 e. The second kappa shape index (κ2) is 6.91. The summed E-state index contributed by atoms with van der Waals surface area (Å²) >= 11 is 0. The van der Waals surface area contributed by atoms with Crippen LogP contribution in [0.2, 0.25) is 0 Å². The van der Waals surface area contributed by atoms with Crippen molar-refractivity contribution >= 4 is 11.6 Å². The first-order valence-corrected chi connectivity index (χ1v) is 7.18. The predicted molar refractivity (Wildman–Crippen MR) is 80.6 cm³/mol. The van der Waals surface area contributed by atoms with Gasteiger partial charge >= 0.3 is 0 Å². The SMILES string of the molecule is COCCOc1ccc(NC(=O)[C@](C)(OC)C2CC2)cc1. The normalized spacial score (nSPS) is 17.1. The van der Waals surface area contributed by atoms with Crippen LogP contribution in [-0.4, -0.2) is 38.9 Å². The third-order valence-corrected chi connectivity index (χ3v) is 3.90. The molecule has 1 aromatic rings. The number of amides is 1. The van der Waals surface area contributed by atoms with E-state index >= 15 is 0 Å². The highest BCUT2D eigenvalue weighted by atomic mass is 16.5. The largest absolute Gasteiger partial charge is 0.491 e. The number of anilines is 1. The molecule has 2 rings (SSSR count). The Balaban J connectivity index is 1.92. The number of carbonyl (C=O) groups is 1. The van der Waals surface area contributed by atoms with E-state index in [0.29, 0.717) is 19.1 Å². The van der Waals surface area contributed by atoms with Crippen LogP contribution >= 0.6 is 0 Å². The zero-order chi connectivity index (χ0) is 15.3. The fourth-order valence-corrected chi connectivity index (χ4v) is 2.21. The van der Waals surface area contributed by atoms with Gasteiger partial charge in [-0.25, -0.2) is 0 Å². The van der Waals surface area contributed by atoms with E-state index in [4.69, 9.17) is 14.2 Å². The van der Waals surface area contributed by atoms with Gasteiger partial charge in [-0.2, -0.15) is 0 Å². The molecule has 1 amide bonds. The average Bonchev–Trinajstić information content (AvgIpc) is 3.33. The van der Waals surface area contributed by atoms with Crippen molar-refractivity contribution in [3.8, 4) is 5.75 Å². The molecule has 0 radical (unpaired) electrons. The maximum absolute atomic E-state index is 12.4. The molecule has 1 aromatic carbocycles. The summed E-state index contributed by atoms with van der Waals surface area (Å²) in [6, 6.07) is 7.30. The average molecular weight is 293 g/mol. The minimum absolute atomic E-state index is 0.0967. The molecule has 0 bridgehead atoms. The van der Waals surface area contributed by atoms with Gasteiger partial charge in [0, 0.05) is 19.9 Å². The summed E-state index contributed by atoms with van der Waals surface area (Å²) in [7, 11) is 3.22. The maximum Gasteiger partial charge on any atom is 0.256 e. The number of benzene rings is 1. The first-order chi connectivity index (χ1) is 10.1. The fraction of sp³-hybridized carbons (Fsp3) is 0.562. The van der Waals surface area contributed by atoms with Gasteiger partial charge in [0.1, 0.15) is 18.0 Å². The third kappa shape index (κ3) is 3.95. The minimum Gasteiger partial charge on any atom is -0.491 e. The highest BCUT2D eigenvalue weighted by Crippen LogP contribution is 2.42. The highest BCUT2D eigenvalue weighted by Gasteiger charge is 2.47. The van der Waals surface area contributed by atoms with Gasteiger partial charge < -0.3 is 19.5 Å². The highest BCUT2D eigenvalue weighted by molar-refractivity contribution is 5.97. The molecular formula is C16H23NO4. The predicted octanol–water partition coefficient (Wildman–Crippen LogP) is 2.47. The summed E-state index contributed by atoms with van der Waals surface area (Å²) in [5.74, 6) is 0.974. The number of carbonyl (C=O) groups excluding carboxylic acids is 1. The number of methoxy groups -OCH3 is 2. The number of rotatable bonds is 8. The molecule has 1 N–H and O–H groups in total. The zero-order valence-corrected chi connectivity index (χ0v) is 12.8. The van der Waals surface area contributed by atoms with Crippen molar-refractivity contribution in [3.63, 3.8) is 0 Å². The molecule has 1 fully saturated rings. The van der Waals surface area contributed by atoms with Crippen molar-refractivity contribution in [2.75, 3.05) is 32.8 Å². The van der Waals surface area contributed by atoms with Gasteiger partial charge in [0.15, 0.2) is 0 Å². The minimum atomic E-state index is -0.742. The zero-order valence-electron chi connectivity index (χ0n) is 12.8. The van der Waals surface area contributed by atoms with Crippen molar-refractivity contribution in [1.29, 1.82) is 0 Å². The Hall–Kier alpha value is -1.59. The molecule has 5 heteroatoms. The maximum atomic E-state index is 12.4. The van der Waals surface area contributed by atoms with E-state index in [9.17, 15) is 4.79 Å². The molecule has 0 aliphatic heterocycles. The summed E-state index contributed by atoms with van der Waals surface area (Å²) in [4.78, 5) is 12.4. The third-order valence-electron chi connectivity index (χ3n) is 3.90. The Labute approximate surface area is 125 Å². The van der Waals surface area contributed by atoms with E-state index in [1.807, 2.05) is 31.2 Å². The summed E-state index contributed by atoms with van der Waals surface area (Å²) in [5, 5.41) is 2.91. The summed E-state index contributed by atoms with van der Waals surface area (Å²) in [5.41, 5.74) is -0.00352. The van der Waals surface area contributed by atoms with Crippen molar-refractivity contribution in [2.45, 2.75) is 25.4 Å². The van der Waals surface area contributed by atoms with Crippen LogP contribution in [0.4, 0.5) is 5.69 Å². The van der Waals surface area contributed by atoms with E-state index in [1.54, 1.807) is 14.2 Å². The van der Waals surface area contributed by atoms with Crippen LogP contribution in [0.5, 0.6) is 5.75 Å². The lowest BCUT2D eigenvalue weighted by Crippen LogP contribution is -2.43. The van der Waals surface area contributed by atoms with Gasteiger partial charge in [-0.3, -0.25) is 4.79 Å². The molecule has 1 aliphatic carbocycles. The van der Waals surface area contributed by atoms with E-state index in [2.05, 4.69) is 5.32 Å². The second-order valence-corrected chi connectivity index (χ2v) is 5.41. The van der Waals surface area contributed by atoms with Gasteiger partial charge in [-0.1, -0.05) is 0 Å². The van der Waals surface area contributed by atoms with Gasteiger partial charge in [0.05, 0.1) is 6.61 Å². The Morgan fingerprint density at radius 3 is 2.43 bits per heavy atom. The summed E-state index contributed by atoms with van der Waals surface area (Å²) in [6.45, 7) is 2.90. The quantitative estimate of drug-likeness (QED) is 0.748. The molecule has 0 aromatic heterocycles. The lowest BCUT2D eigenvalue weighted by Gasteiger charge is -2.26. The number of ether oxygens (including phenoxy) is 3. The molecule has 0 unspecified atom stereocenters. The van der Waals surface area contributed by atoms with E-state index in [0.717, 1.165) is 24.3 Å². The molecule has 0 spiro atoms. The molecule has 5 nitrogen and oxygen atoms in total. The van der Waals surface area contributed by atoms with Crippen LogP contribution in [0, 0.1) is 5.92 Å². The standard InChI is InChI=1S/C16H23NO4/c1-16(20-3,12-4-5-12)15(18)17-13-6-8-14(9-7-13)21-11-10-19-2/h6-9,12H,4-5,10-11H2,1-3H3,(H,17,18)/t16-/m1/s1. The van der Waals surface area contributed by atoms with E-state index in [-0.39, 0.29) is 5.91 Å². The molecule has 116 valence electrons. The molecule has 0 heterocycles. The number of hydrogen-bond acceptors (Lipinski definition) is 4. The van der Waals surface area contributed by atoms with Crippen molar-refractivity contribution < 1.29 is 19.0 Å². The molecule has 1 saturated carbocycles. The monoisotopic (exact) mass is 293 g/mol. The van der Waals surface area contributed by atoms with Gasteiger partial charge in [-0.15, -0.1) is 0 Å². The van der Waals surface area contributed by atoms with Gasteiger partial charge in [0.2, 0.25) is 0 Å². The van der Waals surface area contributed by atoms with Crippen LogP contribution in [0.15, 0.2) is 24.3 Å². The first-order valence-electron chi connectivity index (χ1n) is 7.18. The van der Waals surface area contributed by atoms with Crippen LogP contribution in [-0.2, 0) is 14.3 Å². The van der Waals surface area contributed by atoms with E-state index < -0.39 is 5.60 Å². The summed E-state index contributed by atoms with van der Waals surface area (Å²) < 4.78 is 15.8. The van der Waals surface area contributed by atoms with Crippen molar-refractivity contribution in [1.82, 2.24) is 0 Å². The van der Waals surface area contributed by atoms with Crippen LogP contribution in [0.1, 0.15) is 19.8 Å². The molecule has 1 aliphatic rings. The van der Waals surface area contributed by atoms with Crippen LogP contribution in [0.25, 0.3) is 0 Å². The van der Waals surface area contributed by atoms with Crippen LogP contribution in [0.3, 0.4) is 0 Å². The molecule has 21 heavy (non-hydrogen) atoms. The second-order valence-electron chi connectivity index (χ2n) is 5.41. The Morgan fingerprint density at radius 1 is 1.24 bits per heavy atom. The summed E-state index contributed by atoms with van der Waals surface area (Å²) in [6.07, 6.45) is 2.09. The molecule has 0 saturated heterocycles. The van der Waals surface area contributed by atoms with Crippen LogP contribution < -0.4 is 10.1 Å². The Bertz CT molecular complexity index is 470. The fourth-order valence-electron chi connectivity index (χ4n) is 2.21. The Kier molecular flexibility index (Phi) is 5.20. The lowest BCUT2D eigenvalue weighted by atomic mass is 9.99. The molecular weight excluding hydrogens is 270 g/mol. The molecule has 1 atom stereocenters. The van der Waals surface area contributed by atoms with Crippen molar-refractivity contribution in [2.24, 2.45) is 5.92 Å². The van der Waals surface area contributed by atoms with Gasteiger partial charge in [0.25, 0.3) is 5.91 Å². The number of nitrogens with one attached hydrogen (secondary N) is 1.